The third kappa shape index (κ3) is 1.85. The highest BCUT2D eigenvalue weighted by Gasteiger charge is 2.24. The van der Waals surface area contributed by atoms with Crippen molar-refractivity contribution in [2.45, 2.75) is 6.92 Å². The van der Waals surface area contributed by atoms with Gasteiger partial charge in [0.1, 0.15) is 5.75 Å². The van der Waals surface area contributed by atoms with Crippen molar-refractivity contribution in [3.05, 3.63) is 64.7 Å². The highest BCUT2D eigenvalue weighted by atomic mass is 16.5. The third-order valence-electron chi connectivity index (χ3n) is 3.47. The van der Waals surface area contributed by atoms with E-state index in [0.717, 1.165) is 33.6 Å². The van der Waals surface area contributed by atoms with Crippen LogP contribution in [0.25, 0.3) is 11.6 Å². The fraction of sp³-hybridized carbons (Fsp3) is 0.118. The molecule has 0 saturated heterocycles. The van der Waals surface area contributed by atoms with E-state index in [1.54, 1.807) is 7.11 Å². The Kier molecular flexibility index (Phi) is 2.71. The molecule has 1 aliphatic rings. The van der Waals surface area contributed by atoms with E-state index in [9.17, 15) is 4.79 Å². The minimum Gasteiger partial charge on any atom is -0.497 e. The monoisotopic (exact) mass is 250 g/mol. The molecule has 19 heavy (non-hydrogen) atoms. The van der Waals surface area contributed by atoms with Gasteiger partial charge in [-0.2, -0.15) is 0 Å². The Balaban J connectivity index is 2.08. The fourth-order valence-electron chi connectivity index (χ4n) is 2.46. The van der Waals surface area contributed by atoms with Gasteiger partial charge in [0.2, 0.25) is 0 Å². The van der Waals surface area contributed by atoms with Crippen molar-refractivity contribution in [1.29, 1.82) is 0 Å². The molecule has 0 heterocycles. The Hall–Kier alpha value is -2.35. The van der Waals surface area contributed by atoms with Gasteiger partial charge in [0, 0.05) is 11.1 Å². The number of allylic oxidation sites excluding steroid dienone is 1. The second-order valence-corrected chi connectivity index (χ2v) is 4.66. The molecule has 3 rings (SSSR count). The second kappa shape index (κ2) is 4.39. The van der Waals surface area contributed by atoms with E-state index < -0.39 is 0 Å². The maximum atomic E-state index is 12.4. The predicted molar refractivity (Wildman–Crippen MR) is 76.4 cm³/mol. The lowest BCUT2D eigenvalue weighted by atomic mass is 9.98. The average molecular weight is 250 g/mol. The van der Waals surface area contributed by atoms with E-state index in [-0.39, 0.29) is 5.78 Å². The number of carbonyl (C=O) groups is 1. The van der Waals surface area contributed by atoms with E-state index >= 15 is 0 Å². The largest absolute Gasteiger partial charge is 0.497 e. The first-order chi connectivity index (χ1) is 9.20. The van der Waals surface area contributed by atoms with Crippen LogP contribution in [0, 0.1) is 6.92 Å². The van der Waals surface area contributed by atoms with Gasteiger partial charge in [0.15, 0.2) is 5.78 Å². The zero-order chi connectivity index (χ0) is 13.4. The zero-order valence-corrected chi connectivity index (χ0v) is 10.9. The number of Topliss-reactive ketones (excluding diaryl/α,β-unsaturated/α-hetero) is 1. The summed E-state index contributed by atoms with van der Waals surface area (Å²) < 4.78 is 5.20. The van der Waals surface area contributed by atoms with Gasteiger partial charge >= 0.3 is 0 Å². The molecule has 0 N–H and O–H groups in total. The van der Waals surface area contributed by atoms with Gasteiger partial charge in [-0.05, 0) is 41.8 Å². The highest BCUT2D eigenvalue weighted by Crippen LogP contribution is 2.33. The van der Waals surface area contributed by atoms with Crippen molar-refractivity contribution in [1.82, 2.24) is 0 Å². The first-order valence-electron chi connectivity index (χ1n) is 6.21. The number of ether oxygens (including phenoxy) is 1. The lowest BCUT2D eigenvalue weighted by Crippen LogP contribution is -2.00. The van der Waals surface area contributed by atoms with Gasteiger partial charge in [-0.3, -0.25) is 4.79 Å². The van der Waals surface area contributed by atoms with Crippen molar-refractivity contribution < 1.29 is 9.53 Å². The van der Waals surface area contributed by atoms with Gasteiger partial charge in [-0.25, -0.2) is 0 Å². The van der Waals surface area contributed by atoms with Gasteiger partial charge in [-0.15, -0.1) is 0 Å². The molecule has 0 spiro atoms. The van der Waals surface area contributed by atoms with Crippen LogP contribution in [0.5, 0.6) is 5.75 Å². The number of benzene rings is 2. The van der Waals surface area contributed by atoms with Crippen molar-refractivity contribution in [3.63, 3.8) is 0 Å². The molecule has 2 heteroatoms. The zero-order valence-electron chi connectivity index (χ0n) is 10.9. The van der Waals surface area contributed by atoms with Crippen LogP contribution >= 0.6 is 0 Å². The number of carbonyl (C=O) groups excluding carboxylic acids is 1. The van der Waals surface area contributed by atoms with Crippen LogP contribution in [0.15, 0.2) is 42.5 Å². The molecule has 0 aromatic heterocycles. The summed E-state index contributed by atoms with van der Waals surface area (Å²) in [5, 5.41) is 0. The summed E-state index contributed by atoms with van der Waals surface area (Å²) in [6.07, 6.45) is 1.96. The summed E-state index contributed by atoms with van der Waals surface area (Å²) in [4.78, 5) is 12.4. The van der Waals surface area contributed by atoms with Crippen LogP contribution in [-0.2, 0) is 0 Å². The SMILES string of the molecule is COc1ccc(C2=Cc3ccccc3C2=O)c(C)c1. The number of methoxy groups -OCH3 is 1. The number of rotatable bonds is 2. The number of ketones is 1. The molecule has 0 atom stereocenters. The summed E-state index contributed by atoms with van der Waals surface area (Å²) >= 11 is 0. The van der Waals surface area contributed by atoms with Crippen LogP contribution in [0.3, 0.4) is 0 Å². The predicted octanol–water partition coefficient (Wildman–Crippen LogP) is 3.74. The van der Waals surface area contributed by atoms with Crippen LogP contribution < -0.4 is 4.74 Å². The van der Waals surface area contributed by atoms with E-state index in [0.29, 0.717) is 0 Å². The third-order valence-corrected chi connectivity index (χ3v) is 3.47. The van der Waals surface area contributed by atoms with Gasteiger partial charge in [0.05, 0.1) is 7.11 Å². The molecule has 2 aromatic carbocycles. The summed E-state index contributed by atoms with van der Waals surface area (Å²) in [6.45, 7) is 2.00. The van der Waals surface area contributed by atoms with Gasteiger partial charge in [-0.1, -0.05) is 30.3 Å². The Labute approximate surface area is 112 Å². The Morgan fingerprint density at radius 3 is 2.47 bits per heavy atom. The quantitative estimate of drug-likeness (QED) is 0.811. The first kappa shape index (κ1) is 11.7. The maximum absolute atomic E-state index is 12.4. The van der Waals surface area contributed by atoms with E-state index in [2.05, 4.69) is 0 Å². The molecule has 0 bridgehead atoms. The lowest BCUT2D eigenvalue weighted by Gasteiger charge is -2.08. The van der Waals surface area contributed by atoms with Gasteiger partial charge in [0.25, 0.3) is 0 Å². The topological polar surface area (TPSA) is 26.3 Å². The summed E-state index contributed by atoms with van der Waals surface area (Å²) in [5.74, 6) is 0.911. The molecule has 0 saturated carbocycles. The molecule has 0 aliphatic heterocycles. The molecular weight excluding hydrogens is 236 g/mol. The molecular formula is C17H14O2. The van der Waals surface area contributed by atoms with Crippen molar-refractivity contribution >= 4 is 17.4 Å². The van der Waals surface area contributed by atoms with Crippen LogP contribution in [0.4, 0.5) is 0 Å². The summed E-state index contributed by atoms with van der Waals surface area (Å²) in [7, 11) is 1.64. The number of hydrogen-bond acceptors (Lipinski definition) is 2. The number of fused-ring (bicyclic) bond motifs is 1. The molecule has 0 radical (unpaired) electrons. The maximum Gasteiger partial charge on any atom is 0.194 e. The molecule has 0 amide bonds. The van der Waals surface area contributed by atoms with Crippen molar-refractivity contribution in [2.24, 2.45) is 0 Å². The minimum atomic E-state index is 0.101. The van der Waals surface area contributed by atoms with E-state index in [4.69, 9.17) is 4.74 Å². The van der Waals surface area contributed by atoms with Crippen LogP contribution in [-0.4, -0.2) is 12.9 Å². The lowest BCUT2D eigenvalue weighted by molar-refractivity contribution is 0.105. The number of aryl methyl sites for hydroxylation is 1. The highest BCUT2D eigenvalue weighted by molar-refractivity contribution is 6.37. The average Bonchev–Trinajstić information content (AvgIpc) is 2.76. The van der Waals surface area contributed by atoms with Gasteiger partial charge < -0.3 is 4.74 Å². The second-order valence-electron chi connectivity index (χ2n) is 4.66. The molecule has 0 unspecified atom stereocenters. The first-order valence-corrected chi connectivity index (χ1v) is 6.21. The van der Waals surface area contributed by atoms with Crippen molar-refractivity contribution in [3.8, 4) is 5.75 Å². The molecule has 1 aliphatic carbocycles. The van der Waals surface area contributed by atoms with Crippen LogP contribution in [0.2, 0.25) is 0 Å². The fourth-order valence-corrected chi connectivity index (χ4v) is 2.46. The molecule has 2 aromatic rings. The normalized spacial score (nSPS) is 13.2. The Bertz CT molecular complexity index is 696. The smallest absolute Gasteiger partial charge is 0.194 e. The van der Waals surface area contributed by atoms with E-state index in [1.165, 1.54) is 0 Å². The Morgan fingerprint density at radius 2 is 1.79 bits per heavy atom. The molecule has 2 nitrogen and oxygen atoms in total. The molecule has 94 valence electrons. The Morgan fingerprint density at radius 1 is 1.00 bits per heavy atom. The van der Waals surface area contributed by atoms with Crippen LogP contribution in [0.1, 0.15) is 27.0 Å². The van der Waals surface area contributed by atoms with Crippen molar-refractivity contribution in [2.75, 3.05) is 7.11 Å². The number of hydrogen-bond donors (Lipinski definition) is 0. The minimum absolute atomic E-state index is 0.101. The summed E-state index contributed by atoms with van der Waals surface area (Å²) in [6, 6.07) is 13.5. The standard InChI is InChI=1S/C17H14O2/c1-11-9-13(19-2)7-8-14(11)16-10-12-5-3-4-6-15(12)17(16)18/h3-10H,1-2H3. The van der Waals surface area contributed by atoms with E-state index in [1.807, 2.05) is 55.5 Å². The summed E-state index contributed by atoms with van der Waals surface area (Å²) in [5.41, 5.74) is 4.57. The molecule has 0 fully saturated rings.